The Kier molecular flexibility index (Phi) is 3.32. The van der Waals surface area contributed by atoms with Crippen LogP contribution < -0.4 is 0 Å². The van der Waals surface area contributed by atoms with E-state index in [1.165, 1.54) is 11.8 Å². The second-order valence-corrected chi connectivity index (χ2v) is 3.89. The van der Waals surface area contributed by atoms with Gasteiger partial charge in [0.2, 0.25) is 5.88 Å². The predicted molar refractivity (Wildman–Crippen MR) is 69.2 cm³/mol. The fraction of sp³-hybridized carbons (Fsp3) is 0.231. The summed E-state index contributed by atoms with van der Waals surface area (Å²) in [5.74, 6) is 0.0667. The van der Waals surface area contributed by atoms with Gasteiger partial charge >= 0.3 is 0 Å². The lowest BCUT2D eigenvalue weighted by molar-refractivity contribution is 0.213. The van der Waals surface area contributed by atoms with Gasteiger partial charge in [-0.3, -0.25) is 0 Å². The fourth-order valence-electron chi connectivity index (χ4n) is 1.87. The lowest BCUT2D eigenvalue weighted by Gasteiger charge is -2.03. The average molecular weight is 245 g/mol. The molecule has 0 aliphatic rings. The highest BCUT2D eigenvalue weighted by molar-refractivity contribution is 6.01. The maximum atomic E-state index is 10.2. The zero-order chi connectivity index (χ0) is 13.1. The molecule has 94 valence electrons. The Morgan fingerprint density at radius 1 is 1.33 bits per heavy atom. The molecule has 0 aliphatic heterocycles. The third-order valence-electron chi connectivity index (χ3n) is 2.63. The molecule has 2 aromatic rings. The summed E-state index contributed by atoms with van der Waals surface area (Å²) in [5, 5.41) is 18.4. The molecule has 0 amide bonds. The Bertz CT molecular complexity index is 573. The number of aryl methyl sites for hydroxylation is 1. The third-order valence-corrected chi connectivity index (χ3v) is 2.63. The van der Waals surface area contributed by atoms with Crippen LogP contribution >= 0.6 is 0 Å². The van der Waals surface area contributed by atoms with Gasteiger partial charge in [-0.2, -0.15) is 5.10 Å². The molecule has 1 N–H and O–H groups in total. The number of oxime groups is 1. The second-order valence-electron chi connectivity index (χ2n) is 3.89. The number of rotatable bonds is 3. The summed E-state index contributed by atoms with van der Waals surface area (Å²) in [6.07, 6.45) is 0. The number of para-hydroxylation sites is 1. The van der Waals surface area contributed by atoms with Gasteiger partial charge in [0, 0.05) is 0 Å². The van der Waals surface area contributed by atoms with Crippen molar-refractivity contribution in [1.29, 1.82) is 0 Å². The van der Waals surface area contributed by atoms with Crippen LogP contribution in [-0.4, -0.2) is 27.7 Å². The monoisotopic (exact) mass is 245 g/mol. The van der Waals surface area contributed by atoms with Crippen LogP contribution in [-0.2, 0) is 4.84 Å². The maximum absolute atomic E-state index is 10.2. The van der Waals surface area contributed by atoms with Crippen LogP contribution in [0.25, 0.3) is 5.69 Å². The lowest BCUT2D eigenvalue weighted by Crippen LogP contribution is -1.97. The van der Waals surface area contributed by atoms with Crippen molar-refractivity contribution in [2.75, 3.05) is 7.11 Å². The Hall–Kier alpha value is -2.30. The van der Waals surface area contributed by atoms with Crippen molar-refractivity contribution >= 4 is 5.71 Å². The van der Waals surface area contributed by atoms with Crippen molar-refractivity contribution in [1.82, 2.24) is 9.78 Å². The molecule has 0 fully saturated rings. The molecule has 0 radical (unpaired) electrons. The molecule has 0 aliphatic carbocycles. The van der Waals surface area contributed by atoms with Crippen molar-refractivity contribution in [2.45, 2.75) is 13.8 Å². The molecular weight excluding hydrogens is 230 g/mol. The van der Waals surface area contributed by atoms with Gasteiger partial charge in [-0.15, -0.1) is 0 Å². The first-order chi connectivity index (χ1) is 8.65. The molecule has 0 saturated heterocycles. The van der Waals surface area contributed by atoms with Gasteiger partial charge in [0.05, 0.1) is 22.7 Å². The molecule has 1 heterocycles. The van der Waals surface area contributed by atoms with E-state index in [4.69, 9.17) is 4.84 Å². The minimum atomic E-state index is 0.0667. The van der Waals surface area contributed by atoms with Crippen LogP contribution in [0.3, 0.4) is 0 Å². The number of aromatic hydroxyl groups is 1. The zero-order valence-electron chi connectivity index (χ0n) is 10.6. The average Bonchev–Trinajstić information content (AvgIpc) is 2.66. The first kappa shape index (κ1) is 12.2. The number of aromatic nitrogens is 2. The van der Waals surface area contributed by atoms with Gasteiger partial charge < -0.3 is 9.94 Å². The van der Waals surface area contributed by atoms with Crippen molar-refractivity contribution < 1.29 is 9.94 Å². The second kappa shape index (κ2) is 4.91. The Morgan fingerprint density at radius 2 is 2.00 bits per heavy atom. The summed E-state index contributed by atoms with van der Waals surface area (Å²) in [6.45, 7) is 3.59. The SMILES string of the molecule is CO/N=C(/C)c1c(C)nn(-c2ccccc2)c1O. The first-order valence-corrected chi connectivity index (χ1v) is 5.57. The first-order valence-electron chi connectivity index (χ1n) is 5.57. The van der Waals surface area contributed by atoms with Gasteiger partial charge in [-0.1, -0.05) is 23.4 Å². The minimum Gasteiger partial charge on any atom is -0.493 e. The largest absolute Gasteiger partial charge is 0.493 e. The zero-order valence-corrected chi connectivity index (χ0v) is 10.6. The Balaban J connectivity index is 2.54. The smallest absolute Gasteiger partial charge is 0.223 e. The summed E-state index contributed by atoms with van der Waals surface area (Å²) in [4.78, 5) is 4.72. The van der Waals surface area contributed by atoms with Crippen molar-refractivity contribution in [2.24, 2.45) is 5.16 Å². The Labute approximate surface area is 105 Å². The number of benzene rings is 1. The van der Waals surface area contributed by atoms with E-state index in [0.29, 0.717) is 17.0 Å². The molecule has 5 heteroatoms. The van der Waals surface area contributed by atoms with Crippen LogP contribution in [0.2, 0.25) is 0 Å². The highest BCUT2D eigenvalue weighted by Gasteiger charge is 2.18. The summed E-state index contributed by atoms with van der Waals surface area (Å²) in [5.41, 5.74) is 2.69. The van der Waals surface area contributed by atoms with E-state index in [0.717, 1.165) is 5.69 Å². The molecule has 0 atom stereocenters. The predicted octanol–water partition coefficient (Wildman–Crippen LogP) is 2.26. The van der Waals surface area contributed by atoms with Crippen molar-refractivity contribution in [3.05, 3.63) is 41.6 Å². The van der Waals surface area contributed by atoms with Crippen LogP contribution in [0, 0.1) is 6.92 Å². The molecule has 0 bridgehead atoms. The highest BCUT2D eigenvalue weighted by atomic mass is 16.6. The van der Waals surface area contributed by atoms with E-state index >= 15 is 0 Å². The van der Waals surface area contributed by atoms with E-state index < -0.39 is 0 Å². The Morgan fingerprint density at radius 3 is 2.61 bits per heavy atom. The summed E-state index contributed by atoms with van der Waals surface area (Å²) in [7, 11) is 1.47. The summed E-state index contributed by atoms with van der Waals surface area (Å²) in [6, 6.07) is 9.44. The van der Waals surface area contributed by atoms with Crippen LogP contribution in [0.5, 0.6) is 5.88 Å². The molecule has 1 aromatic carbocycles. The summed E-state index contributed by atoms with van der Waals surface area (Å²) < 4.78 is 1.49. The molecule has 0 spiro atoms. The quantitative estimate of drug-likeness (QED) is 0.666. The number of nitrogens with zero attached hydrogens (tertiary/aromatic N) is 3. The van der Waals surface area contributed by atoms with Gasteiger partial charge in [0.25, 0.3) is 0 Å². The molecule has 18 heavy (non-hydrogen) atoms. The van der Waals surface area contributed by atoms with Gasteiger partial charge in [-0.25, -0.2) is 4.68 Å². The van der Waals surface area contributed by atoms with E-state index in [1.807, 2.05) is 37.3 Å². The normalized spacial score (nSPS) is 11.6. The number of hydrogen-bond donors (Lipinski definition) is 1. The van der Waals surface area contributed by atoms with E-state index in [9.17, 15) is 5.11 Å². The molecule has 0 unspecified atom stereocenters. The third kappa shape index (κ3) is 2.07. The van der Waals surface area contributed by atoms with E-state index in [-0.39, 0.29) is 5.88 Å². The molecular formula is C13H15N3O2. The topological polar surface area (TPSA) is 59.6 Å². The highest BCUT2D eigenvalue weighted by Crippen LogP contribution is 2.25. The number of hydrogen-bond acceptors (Lipinski definition) is 4. The van der Waals surface area contributed by atoms with E-state index in [1.54, 1.807) is 6.92 Å². The van der Waals surface area contributed by atoms with Crippen LogP contribution in [0.15, 0.2) is 35.5 Å². The fourth-order valence-corrected chi connectivity index (χ4v) is 1.87. The minimum absolute atomic E-state index is 0.0667. The van der Waals surface area contributed by atoms with Crippen molar-refractivity contribution in [3.63, 3.8) is 0 Å². The lowest BCUT2D eigenvalue weighted by atomic mass is 10.2. The molecule has 5 nitrogen and oxygen atoms in total. The van der Waals surface area contributed by atoms with Crippen LogP contribution in [0.4, 0.5) is 0 Å². The van der Waals surface area contributed by atoms with Crippen LogP contribution in [0.1, 0.15) is 18.2 Å². The molecule has 1 aromatic heterocycles. The van der Waals surface area contributed by atoms with E-state index in [2.05, 4.69) is 10.3 Å². The van der Waals surface area contributed by atoms with Gasteiger partial charge in [0.15, 0.2) is 0 Å². The van der Waals surface area contributed by atoms with Crippen molar-refractivity contribution in [3.8, 4) is 11.6 Å². The molecule has 2 rings (SSSR count). The maximum Gasteiger partial charge on any atom is 0.223 e. The summed E-state index contributed by atoms with van der Waals surface area (Å²) >= 11 is 0. The van der Waals surface area contributed by atoms with Gasteiger partial charge in [-0.05, 0) is 26.0 Å². The molecule has 0 saturated carbocycles. The van der Waals surface area contributed by atoms with Gasteiger partial charge in [0.1, 0.15) is 7.11 Å². The standard InChI is InChI=1S/C13H15N3O2/c1-9-12(10(2)15-18-3)13(17)16(14-9)11-7-5-4-6-8-11/h4-8,17H,1-3H3/b15-10-.